The minimum absolute atomic E-state index is 0.241. The van der Waals surface area contributed by atoms with Gasteiger partial charge in [0.1, 0.15) is 5.69 Å². The van der Waals surface area contributed by atoms with Crippen LogP contribution < -0.4 is 5.32 Å². The van der Waals surface area contributed by atoms with Gasteiger partial charge in [-0.1, -0.05) is 6.07 Å². The predicted octanol–water partition coefficient (Wildman–Crippen LogP) is 4.11. The number of aryl methyl sites for hydroxylation is 1. The Morgan fingerprint density at radius 2 is 2.16 bits per heavy atom. The number of halogens is 4. The molecule has 136 valence electrons. The lowest BCUT2D eigenvalue weighted by atomic mass is 10.0. The molecular formula is C15H15ClF3N3O2S. The Balaban J connectivity index is 2.00. The summed E-state index contributed by atoms with van der Waals surface area (Å²) in [6.45, 7) is 0. The molecule has 1 unspecified atom stereocenters. The monoisotopic (exact) mass is 393 g/mol. The molecular weight excluding hydrogens is 379 g/mol. The Hall–Kier alpha value is -1.87. The zero-order valence-electron chi connectivity index (χ0n) is 12.9. The van der Waals surface area contributed by atoms with E-state index in [4.69, 9.17) is 16.7 Å². The summed E-state index contributed by atoms with van der Waals surface area (Å²) in [5.41, 5.74) is 0.305. The van der Waals surface area contributed by atoms with Crippen LogP contribution in [-0.4, -0.2) is 27.2 Å². The minimum Gasteiger partial charge on any atom is -0.465 e. The first kappa shape index (κ1) is 19.5. The molecule has 2 aromatic heterocycles. The number of carboxylic acid groups (broad SMARTS) is 1. The van der Waals surface area contributed by atoms with Gasteiger partial charge in [0, 0.05) is 24.0 Å². The van der Waals surface area contributed by atoms with E-state index < -0.39 is 24.0 Å². The highest BCUT2D eigenvalue weighted by molar-refractivity contribution is 7.09. The van der Waals surface area contributed by atoms with Gasteiger partial charge in [-0.15, -0.1) is 22.9 Å². The largest absolute Gasteiger partial charge is 0.465 e. The highest BCUT2D eigenvalue weighted by Gasteiger charge is 2.32. The van der Waals surface area contributed by atoms with Gasteiger partial charge in [0.25, 0.3) is 0 Å². The molecule has 0 fully saturated rings. The van der Waals surface area contributed by atoms with Gasteiger partial charge in [0.2, 0.25) is 0 Å². The van der Waals surface area contributed by atoms with Crippen molar-refractivity contribution < 1.29 is 23.1 Å². The molecule has 0 bridgehead atoms. The summed E-state index contributed by atoms with van der Waals surface area (Å²) in [6, 6.07) is 1.74. The smallest absolute Gasteiger partial charge is 0.433 e. The van der Waals surface area contributed by atoms with Gasteiger partial charge >= 0.3 is 12.3 Å². The van der Waals surface area contributed by atoms with Crippen molar-refractivity contribution in [1.82, 2.24) is 15.3 Å². The number of hydrogen-bond donors (Lipinski definition) is 2. The number of amides is 1. The third-order valence-corrected chi connectivity index (χ3v) is 4.60. The van der Waals surface area contributed by atoms with E-state index in [0.29, 0.717) is 24.3 Å². The fourth-order valence-corrected chi connectivity index (χ4v) is 3.26. The number of rotatable bonds is 7. The van der Waals surface area contributed by atoms with Gasteiger partial charge in [0.15, 0.2) is 0 Å². The molecule has 2 rings (SSSR count). The number of carbonyl (C=O) groups is 1. The molecule has 1 atom stereocenters. The fraction of sp³-hybridized carbons (Fsp3) is 0.400. The van der Waals surface area contributed by atoms with Crippen molar-refractivity contribution in [3.05, 3.63) is 45.7 Å². The average molecular weight is 394 g/mol. The van der Waals surface area contributed by atoms with E-state index in [1.54, 1.807) is 0 Å². The molecule has 0 aromatic carbocycles. The fourth-order valence-electron chi connectivity index (χ4n) is 2.22. The highest BCUT2D eigenvalue weighted by atomic mass is 35.5. The summed E-state index contributed by atoms with van der Waals surface area (Å²) in [7, 11) is 0. The molecule has 0 saturated carbocycles. The number of nitrogens with one attached hydrogen (secondary N) is 1. The number of aromatic nitrogens is 2. The van der Waals surface area contributed by atoms with Crippen LogP contribution in [0.1, 0.15) is 28.4 Å². The Bertz CT molecular complexity index is 707. The number of nitrogens with zero attached hydrogens (tertiary/aromatic N) is 2. The third kappa shape index (κ3) is 6.17. The topological polar surface area (TPSA) is 75.1 Å². The molecule has 0 radical (unpaired) electrons. The van der Waals surface area contributed by atoms with Crippen molar-refractivity contribution in [3.63, 3.8) is 0 Å². The van der Waals surface area contributed by atoms with Crippen LogP contribution in [0.3, 0.4) is 0 Å². The molecule has 0 aliphatic rings. The molecule has 0 saturated heterocycles. The zero-order valence-corrected chi connectivity index (χ0v) is 14.5. The lowest BCUT2D eigenvalue weighted by Gasteiger charge is -2.16. The van der Waals surface area contributed by atoms with Crippen LogP contribution in [0, 0.1) is 0 Å². The van der Waals surface area contributed by atoms with Gasteiger partial charge < -0.3 is 10.4 Å². The van der Waals surface area contributed by atoms with Crippen molar-refractivity contribution in [2.45, 2.75) is 37.4 Å². The first-order chi connectivity index (χ1) is 11.8. The molecule has 2 heterocycles. The van der Waals surface area contributed by atoms with E-state index in [-0.39, 0.29) is 6.42 Å². The Morgan fingerprint density at radius 3 is 2.68 bits per heavy atom. The second-order valence-corrected chi connectivity index (χ2v) is 6.51. The molecule has 0 aliphatic carbocycles. The predicted molar refractivity (Wildman–Crippen MR) is 87.9 cm³/mol. The summed E-state index contributed by atoms with van der Waals surface area (Å²) in [5, 5.41) is 14.0. The number of pyridine rings is 1. The van der Waals surface area contributed by atoms with Crippen LogP contribution in [0.2, 0.25) is 0 Å². The summed E-state index contributed by atoms with van der Waals surface area (Å²) in [5.74, 6) is 0.310. The first-order valence-corrected chi connectivity index (χ1v) is 8.70. The van der Waals surface area contributed by atoms with Crippen molar-refractivity contribution in [2.24, 2.45) is 0 Å². The van der Waals surface area contributed by atoms with E-state index in [0.717, 1.165) is 23.0 Å². The lowest BCUT2D eigenvalue weighted by Crippen LogP contribution is -2.35. The van der Waals surface area contributed by atoms with E-state index in [9.17, 15) is 18.0 Å². The zero-order chi connectivity index (χ0) is 18.4. The number of alkyl halides is 4. The summed E-state index contributed by atoms with van der Waals surface area (Å²) < 4.78 is 37.6. The van der Waals surface area contributed by atoms with Gasteiger partial charge in [-0.3, -0.25) is 4.98 Å². The van der Waals surface area contributed by atoms with Crippen LogP contribution in [0.4, 0.5) is 18.0 Å². The van der Waals surface area contributed by atoms with E-state index in [1.807, 2.05) is 5.38 Å². The quantitative estimate of drug-likeness (QED) is 0.694. The van der Waals surface area contributed by atoms with Crippen LogP contribution in [0.15, 0.2) is 23.7 Å². The van der Waals surface area contributed by atoms with E-state index in [1.165, 1.54) is 17.4 Å². The maximum Gasteiger partial charge on any atom is 0.433 e. The Kier molecular flexibility index (Phi) is 6.60. The van der Waals surface area contributed by atoms with Crippen LogP contribution in [0.5, 0.6) is 0 Å². The standard InChI is InChI=1S/C15H15ClF3N3O2S/c16-6-11-8-25-13(21-11)4-2-10(22-14(23)24)5-9-1-3-12(20-7-9)15(17,18)19/h1,3,7-8,10,22H,2,4-6H2,(H,23,24). The maximum atomic E-state index is 12.5. The molecule has 2 aromatic rings. The minimum atomic E-state index is -4.50. The third-order valence-electron chi connectivity index (χ3n) is 3.37. The number of thiazole rings is 1. The van der Waals surface area contributed by atoms with Gasteiger partial charge in [-0.05, 0) is 24.5 Å². The van der Waals surface area contributed by atoms with Gasteiger partial charge in [-0.25, -0.2) is 9.78 Å². The van der Waals surface area contributed by atoms with Crippen LogP contribution >= 0.6 is 22.9 Å². The Morgan fingerprint density at radius 1 is 1.40 bits per heavy atom. The molecule has 0 aliphatic heterocycles. The molecule has 10 heteroatoms. The highest BCUT2D eigenvalue weighted by Crippen LogP contribution is 2.27. The molecule has 1 amide bonds. The van der Waals surface area contributed by atoms with Crippen LogP contribution in [0.25, 0.3) is 0 Å². The van der Waals surface area contributed by atoms with Crippen molar-refractivity contribution in [1.29, 1.82) is 0 Å². The second kappa shape index (κ2) is 8.48. The van der Waals surface area contributed by atoms with E-state index in [2.05, 4.69) is 15.3 Å². The van der Waals surface area contributed by atoms with Crippen LogP contribution in [-0.2, 0) is 24.9 Å². The molecule has 25 heavy (non-hydrogen) atoms. The van der Waals surface area contributed by atoms with Crippen molar-refractivity contribution >= 4 is 29.0 Å². The second-order valence-electron chi connectivity index (χ2n) is 5.30. The van der Waals surface area contributed by atoms with Gasteiger partial charge in [0.05, 0.1) is 16.6 Å². The molecule has 2 N–H and O–H groups in total. The SMILES string of the molecule is O=C(O)NC(CCc1nc(CCl)cs1)Cc1ccc(C(F)(F)F)nc1. The summed E-state index contributed by atoms with van der Waals surface area (Å²) in [6.07, 6.45) is -3.32. The van der Waals surface area contributed by atoms with Crippen molar-refractivity contribution in [2.75, 3.05) is 0 Å². The summed E-state index contributed by atoms with van der Waals surface area (Å²) in [4.78, 5) is 18.6. The van der Waals surface area contributed by atoms with Gasteiger partial charge in [-0.2, -0.15) is 13.2 Å². The average Bonchev–Trinajstić information content (AvgIpc) is 3.00. The van der Waals surface area contributed by atoms with E-state index >= 15 is 0 Å². The summed E-state index contributed by atoms with van der Waals surface area (Å²) >= 11 is 7.13. The maximum absolute atomic E-state index is 12.5. The molecule has 0 spiro atoms. The normalized spacial score (nSPS) is 12.8. The van der Waals surface area contributed by atoms with Crippen molar-refractivity contribution in [3.8, 4) is 0 Å². The Labute approximate surface area is 150 Å². The molecule has 5 nitrogen and oxygen atoms in total. The lowest BCUT2D eigenvalue weighted by molar-refractivity contribution is -0.141. The first-order valence-electron chi connectivity index (χ1n) is 7.28. The number of hydrogen-bond acceptors (Lipinski definition) is 4.